The monoisotopic (exact) mass is 285 g/mol. The van der Waals surface area contributed by atoms with Crippen molar-refractivity contribution in [2.75, 3.05) is 0 Å². The summed E-state index contributed by atoms with van der Waals surface area (Å²) in [4.78, 5) is 0. The standard InChI is InChI=1S/C15H10FN2OS/c1-10-17-18-15(20-10)11-4-2-6-13(8-11)19-14-7-3-5-12(16)9-14/h2-4,6-9H,1H3. The average molecular weight is 285 g/mol. The van der Waals surface area contributed by atoms with Crippen LogP contribution in [0.1, 0.15) is 5.01 Å². The molecule has 3 aromatic rings. The van der Waals surface area contributed by atoms with Gasteiger partial charge in [0.15, 0.2) is 0 Å². The van der Waals surface area contributed by atoms with Crippen molar-refractivity contribution in [2.24, 2.45) is 0 Å². The summed E-state index contributed by atoms with van der Waals surface area (Å²) in [5.74, 6) is 0.617. The van der Waals surface area contributed by atoms with Gasteiger partial charge in [-0.2, -0.15) is 0 Å². The lowest BCUT2D eigenvalue weighted by molar-refractivity contribution is 0.477. The number of rotatable bonds is 3. The van der Waals surface area contributed by atoms with Crippen molar-refractivity contribution in [1.29, 1.82) is 0 Å². The Morgan fingerprint density at radius 3 is 2.75 bits per heavy atom. The van der Waals surface area contributed by atoms with E-state index in [2.05, 4.69) is 16.3 Å². The Kier molecular flexibility index (Phi) is 3.43. The molecule has 0 aliphatic rings. The normalized spacial score (nSPS) is 10.5. The van der Waals surface area contributed by atoms with Crippen molar-refractivity contribution in [2.45, 2.75) is 6.92 Å². The molecule has 0 amide bonds. The van der Waals surface area contributed by atoms with Gasteiger partial charge in [-0.1, -0.05) is 23.5 Å². The van der Waals surface area contributed by atoms with E-state index in [9.17, 15) is 4.39 Å². The van der Waals surface area contributed by atoms with E-state index in [0.717, 1.165) is 15.6 Å². The molecule has 1 heterocycles. The van der Waals surface area contributed by atoms with E-state index in [1.54, 1.807) is 6.07 Å². The van der Waals surface area contributed by atoms with Crippen LogP contribution in [-0.4, -0.2) is 10.2 Å². The Morgan fingerprint density at radius 2 is 2.00 bits per heavy atom. The summed E-state index contributed by atoms with van der Waals surface area (Å²) in [7, 11) is 0. The Hall–Kier alpha value is -2.27. The fourth-order valence-corrected chi connectivity index (χ4v) is 2.41. The molecule has 5 heteroatoms. The van der Waals surface area contributed by atoms with E-state index in [0.29, 0.717) is 11.5 Å². The third kappa shape index (κ3) is 2.83. The first-order valence-corrected chi connectivity index (χ1v) is 6.78. The molecule has 1 radical (unpaired) electrons. The van der Waals surface area contributed by atoms with Crippen molar-refractivity contribution in [3.05, 3.63) is 59.4 Å². The summed E-state index contributed by atoms with van der Waals surface area (Å²) in [6.45, 7) is 1.91. The Morgan fingerprint density at radius 1 is 1.15 bits per heavy atom. The SMILES string of the molecule is Cc1nnc(-c2cccc(Oc3cc[c]c(F)c3)c2)s1. The van der Waals surface area contributed by atoms with Crippen LogP contribution < -0.4 is 4.74 Å². The number of aryl methyl sites for hydroxylation is 1. The first kappa shape index (κ1) is 12.7. The molecule has 1 aromatic heterocycles. The van der Waals surface area contributed by atoms with E-state index in [1.807, 2.05) is 31.2 Å². The van der Waals surface area contributed by atoms with E-state index < -0.39 is 5.82 Å². The number of nitrogens with zero attached hydrogens (tertiary/aromatic N) is 2. The lowest BCUT2D eigenvalue weighted by Crippen LogP contribution is -1.86. The predicted octanol–water partition coefficient (Wildman–Crippen LogP) is 4.25. The molecule has 0 atom stereocenters. The maximum Gasteiger partial charge on any atom is 0.147 e. The summed E-state index contributed by atoms with van der Waals surface area (Å²) < 4.78 is 18.7. The first-order valence-electron chi connectivity index (χ1n) is 5.96. The van der Waals surface area contributed by atoms with Crippen LogP contribution >= 0.6 is 11.3 Å². The number of hydrogen-bond donors (Lipinski definition) is 0. The molecular formula is C15H10FN2OS. The van der Waals surface area contributed by atoms with E-state index >= 15 is 0 Å². The van der Waals surface area contributed by atoms with Gasteiger partial charge in [-0.3, -0.25) is 0 Å². The Bertz CT molecular complexity index is 742. The Labute approximate surface area is 119 Å². The second kappa shape index (κ2) is 5.38. The molecule has 0 aliphatic carbocycles. The molecule has 0 saturated carbocycles. The van der Waals surface area contributed by atoms with Gasteiger partial charge in [0.2, 0.25) is 0 Å². The summed E-state index contributed by atoms with van der Waals surface area (Å²) in [5.41, 5.74) is 0.927. The van der Waals surface area contributed by atoms with Crippen molar-refractivity contribution in [3.63, 3.8) is 0 Å². The number of halogens is 1. The maximum atomic E-state index is 13.1. The van der Waals surface area contributed by atoms with Gasteiger partial charge in [-0.05, 0) is 31.2 Å². The second-order valence-corrected chi connectivity index (χ2v) is 5.31. The van der Waals surface area contributed by atoms with Crippen molar-refractivity contribution < 1.29 is 9.13 Å². The minimum atomic E-state index is -0.446. The van der Waals surface area contributed by atoms with E-state index in [4.69, 9.17) is 4.74 Å². The molecule has 99 valence electrons. The Balaban J connectivity index is 1.88. The van der Waals surface area contributed by atoms with Crippen molar-refractivity contribution in [1.82, 2.24) is 10.2 Å². The minimum absolute atomic E-state index is 0.437. The number of hydrogen-bond acceptors (Lipinski definition) is 4. The van der Waals surface area contributed by atoms with E-state index in [-0.39, 0.29) is 0 Å². The van der Waals surface area contributed by atoms with Crippen LogP contribution in [0.2, 0.25) is 0 Å². The van der Waals surface area contributed by atoms with E-state index in [1.165, 1.54) is 23.5 Å². The first-order chi connectivity index (χ1) is 9.70. The van der Waals surface area contributed by atoms with Crippen molar-refractivity contribution in [3.8, 4) is 22.1 Å². The summed E-state index contributed by atoms with van der Waals surface area (Å²) >= 11 is 1.52. The molecule has 0 spiro atoms. The molecule has 0 N–H and O–H groups in total. The van der Waals surface area contributed by atoms with Gasteiger partial charge in [-0.25, -0.2) is 4.39 Å². The smallest absolute Gasteiger partial charge is 0.147 e. The molecule has 3 rings (SSSR count). The quantitative estimate of drug-likeness (QED) is 0.721. The molecule has 0 saturated heterocycles. The van der Waals surface area contributed by atoms with Crippen LogP contribution in [0, 0.1) is 18.8 Å². The average Bonchev–Trinajstić information content (AvgIpc) is 2.86. The van der Waals surface area contributed by atoms with Gasteiger partial charge in [0.05, 0.1) is 0 Å². The molecular weight excluding hydrogens is 275 g/mol. The fraction of sp³-hybridized carbons (Fsp3) is 0.0667. The summed E-state index contributed by atoms with van der Waals surface area (Å²) in [6, 6.07) is 14.3. The second-order valence-electron chi connectivity index (χ2n) is 4.13. The van der Waals surface area contributed by atoms with Crippen LogP contribution in [0.15, 0.2) is 42.5 Å². The minimum Gasteiger partial charge on any atom is -0.457 e. The lowest BCUT2D eigenvalue weighted by atomic mass is 10.2. The van der Waals surface area contributed by atoms with Crippen LogP contribution in [0.3, 0.4) is 0 Å². The predicted molar refractivity (Wildman–Crippen MR) is 75.4 cm³/mol. The highest BCUT2D eigenvalue weighted by molar-refractivity contribution is 7.14. The highest BCUT2D eigenvalue weighted by atomic mass is 32.1. The van der Waals surface area contributed by atoms with Gasteiger partial charge >= 0.3 is 0 Å². The van der Waals surface area contributed by atoms with Gasteiger partial charge in [0, 0.05) is 17.7 Å². The van der Waals surface area contributed by atoms with Crippen LogP contribution in [0.25, 0.3) is 10.6 Å². The molecule has 20 heavy (non-hydrogen) atoms. The lowest BCUT2D eigenvalue weighted by Gasteiger charge is -2.06. The van der Waals surface area contributed by atoms with Gasteiger partial charge in [0.25, 0.3) is 0 Å². The molecule has 2 aromatic carbocycles. The molecule has 0 bridgehead atoms. The summed E-state index contributed by atoms with van der Waals surface area (Å²) in [5, 5.41) is 9.83. The highest BCUT2D eigenvalue weighted by Gasteiger charge is 2.06. The largest absolute Gasteiger partial charge is 0.457 e. The van der Waals surface area contributed by atoms with Gasteiger partial charge in [0.1, 0.15) is 27.3 Å². The third-order valence-electron chi connectivity index (χ3n) is 2.58. The topological polar surface area (TPSA) is 35.0 Å². The highest BCUT2D eigenvalue weighted by Crippen LogP contribution is 2.29. The number of benzene rings is 2. The fourth-order valence-electron chi connectivity index (χ4n) is 1.72. The zero-order chi connectivity index (χ0) is 13.9. The zero-order valence-corrected chi connectivity index (χ0v) is 11.4. The van der Waals surface area contributed by atoms with Crippen LogP contribution in [0.5, 0.6) is 11.5 Å². The molecule has 0 aliphatic heterocycles. The van der Waals surface area contributed by atoms with Crippen LogP contribution in [-0.2, 0) is 0 Å². The number of aromatic nitrogens is 2. The van der Waals surface area contributed by atoms with Crippen molar-refractivity contribution >= 4 is 11.3 Å². The molecule has 0 fully saturated rings. The maximum absolute atomic E-state index is 13.1. The zero-order valence-electron chi connectivity index (χ0n) is 10.6. The third-order valence-corrected chi connectivity index (χ3v) is 3.47. The van der Waals surface area contributed by atoms with Gasteiger partial charge < -0.3 is 4.74 Å². The molecule has 0 unspecified atom stereocenters. The summed E-state index contributed by atoms with van der Waals surface area (Å²) in [6.07, 6.45) is 0. The van der Waals surface area contributed by atoms with Gasteiger partial charge in [-0.15, -0.1) is 10.2 Å². The molecule has 3 nitrogen and oxygen atoms in total. The number of ether oxygens (including phenoxy) is 1. The van der Waals surface area contributed by atoms with Crippen LogP contribution in [0.4, 0.5) is 4.39 Å².